The van der Waals surface area contributed by atoms with Gasteiger partial charge in [0, 0.05) is 80.9 Å². The van der Waals surface area contributed by atoms with E-state index >= 15 is 4.39 Å². The van der Waals surface area contributed by atoms with Crippen LogP contribution in [0.1, 0.15) is 90.3 Å². The van der Waals surface area contributed by atoms with Crippen LogP contribution >= 0.6 is 0 Å². The number of piperidine rings is 3. The SMILES string of the molecule is CC(C)Oc1nc2c(cc1NC(=O)c1cnn3cccnc13)CN(C1CCN(CC3CCN(c4ccc(C5CCC(=O)NC5=O)c(F)c4)CC3)CC1)C2=O. The van der Waals surface area contributed by atoms with Crippen LogP contribution in [0.3, 0.4) is 0 Å². The molecule has 3 saturated heterocycles. The summed E-state index contributed by atoms with van der Waals surface area (Å²) in [6, 6.07) is 8.72. The van der Waals surface area contributed by atoms with E-state index in [1.54, 1.807) is 30.6 Å². The average molecular weight is 738 g/mol. The van der Waals surface area contributed by atoms with Gasteiger partial charge in [-0.25, -0.2) is 18.9 Å². The molecule has 0 saturated carbocycles. The predicted octanol–water partition coefficient (Wildman–Crippen LogP) is 4.16. The third-order valence-corrected chi connectivity index (χ3v) is 11.1. The average Bonchev–Trinajstić information content (AvgIpc) is 3.73. The Balaban J connectivity index is 0.847. The molecule has 4 amide bonds. The number of hydrogen-bond acceptors (Lipinski definition) is 10. The van der Waals surface area contributed by atoms with E-state index in [1.807, 2.05) is 24.8 Å². The van der Waals surface area contributed by atoms with Gasteiger partial charge in [-0.1, -0.05) is 6.07 Å². The van der Waals surface area contributed by atoms with Crippen LogP contribution in [-0.4, -0.2) is 97.9 Å². The Hall–Kier alpha value is -5.44. The minimum atomic E-state index is -0.639. The summed E-state index contributed by atoms with van der Waals surface area (Å²) >= 11 is 0. The molecule has 1 atom stereocenters. The number of halogens is 1. The topological polar surface area (TPSA) is 154 Å². The van der Waals surface area contributed by atoms with E-state index in [9.17, 15) is 19.2 Å². The van der Waals surface area contributed by atoms with Gasteiger partial charge in [-0.3, -0.25) is 24.5 Å². The van der Waals surface area contributed by atoms with Crippen molar-refractivity contribution in [3.05, 3.63) is 77.1 Å². The van der Waals surface area contributed by atoms with Gasteiger partial charge in [-0.05, 0) is 76.1 Å². The maximum absolute atomic E-state index is 15.2. The van der Waals surface area contributed by atoms with Crippen molar-refractivity contribution >= 4 is 40.7 Å². The number of benzene rings is 1. The summed E-state index contributed by atoms with van der Waals surface area (Å²) in [6.45, 7) is 8.58. The second-order valence-corrected chi connectivity index (χ2v) is 15.0. The Bertz CT molecular complexity index is 2100. The van der Waals surface area contributed by atoms with E-state index in [2.05, 4.69) is 35.5 Å². The van der Waals surface area contributed by atoms with E-state index in [0.717, 1.165) is 69.7 Å². The van der Waals surface area contributed by atoms with Gasteiger partial charge in [-0.2, -0.15) is 5.10 Å². The predicted molar refractivity (Wildman–Crippen MR) is 197 cm³/mol. The molecule has 282 valence electrons. The van der Waals surface area contributed by atoms with Gasteiger partial charge in [0.05, 0.1) is 18.2 Å². The molecular weight excluding hydrogens is 693 g/mol. The normalized spacial score (nSPS) is 20.1. The van der Waals surface area contributed by atoms with Crippen LogP contribution in [0.2, 0.25) is 0 Å². The molecule has 4 aliphatic rings. The number of carbonyl (C=O) groups excluding carboxylic acids is 4. The molecule has 0 bridgehead atoms. The van der Waals surface area contributed by atoms with Gasteiger partial charge in [0.15, 0.2) is 5.65 Å². The molecule has 0 aliphatic carbocycles. The zero-order chi connectivity index (χ0) is 37.5. The van der Waals surface area contributed by atoms with Gasteiger partial charge < -0.3 is 24.8 Å². The smallest absolute Gasteiger partial charge is 0.273 e. The molecule has 0 spiro atoms. The lowest BCUT2D eigenvalue weighted by molar-refractivity contribution is -0.134. The fraction of sp³-hybridized carbons (Fsp3) is 0.462. The summed E-state index contributed by atoms with van der Waals surface area (Å²) in [5.41, 5.74) is 3.42. The summed E-state index contributed by atoms with van der Waals surface area (Å²) < 4.78 is 22.7. The Labute approximate surface area is 312 Å². The summed E-state index contributed by atoms with van der Waals surface area (Å²) in [5, 5.41) is 9.46. The maximum atomic E-state index is 15.2. The van der Waals surface area contributed by atoms with Crippen molar-refractivity contribution in [2.24, 2.45) is 5.92 Å². The highest BCUT2D eigenvalue weighted by molar-refractivity contribution is 6.09. The number of aromatic nitrogens is 4. The number of nitrogens with one attached hydrogen (secondary N) is 2. The maximum Gasteiger partial charge on any atom is 0.273 e. The fourth-order valence-electron chi connectivity index (χ4n) is 8.25. The van der Waals surface area contributed by atoms with E-state index in [4.69, 9.17) is 4.74 Å². The molecule has 8 rings (SSSR count). The third kappa shape index (κ3) is 7.11. The van der Waals surface area contributed by atoms with Gasteiger partial charge in [0.2, 0.25) is 17.7 Å². The number of anilines is 2. The van der Waals surface area contributed by atoms with Gasteiger partial charge in [-0.15, -0.1) is 0 Å². The number of ether oxygens (including phenoxy) is 1. The molecule has 15 heteroatoms. The summed E-state index contributed by atoms with van der Waals surface area (Å²) in [6.07, 6.45) is 8.82. The third-order valence-electron chi connectivity index (χ3n) is 11.1. The molecule has 3 fully saturated rings. The van der Waals surface area contributed by atoms with Gasteiger partial charge in [0.25, 0.3) is 11.8 Å². The van der Waals surface area contributed by atoms with E-state index < -0.39 is 23.5 Å². The van der Waals surface area contributed by atoms with Gasteiger partial charge in [0.1, 0.15) is 22.8 Å². The Morgan fingerprint density at radius 3 is 2.59 bits per heavy atom. The number of fused-ring (bicyclic) bond motifs is 2. The second-order valence-electron chi connectivity index (χ2n) is 15.0. The number of likely N-dealkylation sites (tertiary alicyclic amines) is 1. The largest absolute Gasteiger partial charge is 0.473 e. The number of rotatable bonds is 9. The lowest BCUT2D eigenvalue weighted by atomic mass is 9.89. The molecule has 1 unspecified atom stereocenters. The van der Waals surface area contributed by atoms with Crippen molar-refractivity contribution in [2.75, 3.05) is 42.9 Å². The summed E-state index contributed by atoms with van der Waals surface area (Å²) in [7, 11) is 0. The molecule has 4 aliphatic heterocycles. The standard InChI is InChI=1S/C39H44FN9O5/c1-23(2)54-38-32(43-37(52)30-20-42-49-13-3-12-41-35(30)49)18-25-22-48(39(53)34(25)45-38)26-10-14-46(15-11-26)21-24-8-16-47(17-9-24)27-4-5-28(31(40)19-27)29-6-7-33(50)44-36(29)51/h3-5,12-13,18-20,23-24,26,29H,6-11,14-17,21-22H2,1-2H3,(H,43,52)(H,44,50,51). The van der Waals surface area contributed by atoms with Crippen molar-refractivity contribution in [3.63, 3.8) is 0 Å². The number of carbonyl (C=O) groups is 4. The van der Waals surface area contributed by atoms with Crippen molar-refractivity contribution in [2.45, 2.75) is 77.0 Å². The number of amides is 4. The minimum absolute atomic E-state index is 0.0835. The van der Waals surface area contributed by atoms with Crippen molar-refractivity contribution < 1.29 is 28.3 Å². The lowest BCUT2D eigenvalue weighted by Gasteiger charge is -2.40. The number of pyridine rings is 1. The molecular formula is C39H44FN9O5. The zero-order valence-corrected chi connectivity index (χ0v) is 30.5. The zero-order valence-electron chi connectivity index (χ0n) is 30.5. The molecule has 0 radical (unpaired) electrons. The summed E-state index contributed by atoms with van der Waals surface area (Å²) in [4.78, 5) is 66.4. The fourth-order valence-corrected chi connectivity index (χ4v) is 8.25. The quantitative estimate of drug-likeness (QED) is 0.240. The lowest BCUT2D eigenvalue weighted by Crippen LogP contribution is -2.47. The van der Waals surface area contributed by atoms with Crippen LogP contribution in [-0.2, 0) is 16.1 Å². The van der Waals surface area contributed by atoms with Crippen LogP contribution in [0.5, 0.6) is 5.88 Å². The number of hydrogen-bond donors (Lipinski definition) is 2. The van der Waals surface area contributed by atoms with Crippen molar-refractivity contribution in [1.29, 1.82) is 0 Å². The minimum Gasteiger partial charge on any atom is -0.473 e. The Morgan fingerprint density at radius 2 is 1.85 bits per heavy atom. The molecule has 4 aromatic rings. The number of nitrogens with zero attached hydrogens (tertiary/aromatic N) is 7. The van der Waals surface area contributed by atoms with Crippen LogP contribution < -0.4 is 20.3 Å². The van der Waals surface area contributed by atoms with E-state index in [-0.39, 0.29) is 36.3 Å². The number of imide groups is 1. The van der Waals surface area contributed by atoms with E-state index in [0.29, 0.717) is 47.0 Å². The van der Waals surface area contributed by atoms with Crippen LogP contribution in [0.4, 0.5) is 15.8 Å². The Morgan fingerprint density at radius 1 is 1.06 bits per heavy atom. The first kappa shape index (κ1) is 35.6. The molecule has 14 nitrogen and oxygen atoms in total. The Kier molecular flexibility index (Phi) is 9.73. The van der Waals surface area contributed by atoms with Crippen molar-refractivity contribution in [3.8, 4) is 5.88 Å². The highest BCUT2D eigenvalue weighted by Crippen LogP contribution is 2.35. The second kappa shape index (κ2) is 14.8. The first-order chi connectivity index (χ1) is 26.1. The molecule has 7 heterocycles. The van der Waals surface area contributed by atoms with Crippen LogP contribution in [0.15, 0.2) is 48.9 Å². The van der Waals surface area contributed by atoms with E-state index in [1.165, 1.54) is 16.8 Å². The van der Waals surface area contributed by atoms with Crippen LogP contribution in [0, 0.1) is 11.7 Å². The first-order valence-electron chi connectivity index (χ1n) is 18.8. The highest BCUT2D eigenvalue weighted by Gasteiger charge is 2.38. The molecule has 1 aromatic carbocycles. The first-order valence-corrected chi connectivity index (χ1v) is 18.8. The van der Waals surface area contributed by atoms with Crippen molar-refractivity contribution in [1.82, 2.24) is 34.7 Å². The monoisotopic (exact) mass is 737 g/mol. The molecule has 2 N–H and O–H groups in total. The van der Waals surface area contributed by atoms with Crippen LogP contribution in [0.25, 0.3) is 5.65 Å². The summed E-state index contributed by atoms with van der Waals surface area (Å²) in [5.74, 6) is -1.57. The molecule has 54 heavy (non-hydrogen) atoms. The van der Waals surface area contributed by atoms with Gasteiger partial charge >= 0.3 is 0 Å². The highest BCUT2D eigenvalue weighted by atomic mass is 19.1. The molecule has 3 aromatic heterocycles.